The monoisotopic (exact) mass is 231 g/mol. The number of aryl methyl sites for hydroxylation is 1. The summed E-state index contributed by atoms with van der Waals surface area (Å²) >= 11 is 0. The first kappa shape index (κ1) is 10.2. The van der Waals surface area contributed by atoms with Gasteiger partial charge in [0.05, 0.1) is 5.39 Å². The van der Waals surface area contributed by atoms with Crippen molar-refractivity contribution >= 4 is 10.8 Å². The summed E-state index contributed by atoms with van der Waals surface area (Å²) < 4.78 is 1.74. The van der Waals surface area contributed by atoms with Crippen molar-refractivity contribution in [2.45, 2.75) is 25.8 Å². The van der Waals surface area contributed by atoms with E-state index in [1.54, 1.807) is 4.57 Å². The second kappa shape index (κ2) is 3.52. The molecule has 0 fully saturated rings. The number of hydrogen-bond donors (Lipinski definition) is 2. The first-order valence-electron chi connectivity index (χ1n) is 5.75. The lowest BCUT2D eigenvalue weighted by molar-refractivity contribution is 0.454. The molecule has 4 heteroatoms. The predicted octanol–water partition coefficient (Wildman–Crippen LogP) is 1.75. The van der Waals surface area contributed by atoms with Gasteiger partial charge < -0.3 is 14.8 Å². The highest BCUT2D eigenvalue weighted by atomic mass is 16.3. The molecular weight excluding hydrogens is 218 g/mol. The van der Waals surface area contributed by atoms with E-state index in [4.69, 9.17) is 0 Å². The molecule has 1 aliphatic heterocycles. The minimum Gasteiger partial charge on any atom is -0.508 e. The highest BCUT2D eigenvalue weighted by molar-refractivity contribution is 5.89. The summed E-state index contributed by atoms with van der Waals surface area (Å²) in [6, 6.07) is 4.53. The van der Waals surface area contributed by atoms with Gasteiger partial charge in [-0.05, 0) is 31.4 Å². The molecule has 1 aromatic carbocycles. The molecule has 0 aliphatic carbocycles. The van der Waals surface area contributed by atoms with Crippen LogP contribution in [0.3, 0.4) is 0 Å². The van der Waals surface area contributed by atoms with Gasteiger partial charge in [0.25, 0.3) is 5.56 Å². The Hall–Kier alpha value is -1.97. The van der Waals surface area contributed by atoms with Crippen LogP contribution in [0.4, 0.5) is 0 Å². The highest BCUT2D eigenvalue weighted by Crippen LogP contribution is 2.29. The van der Waals surface area contributed by atoms with Gasteiger partial charge >= 0.3 is 0 Å². The SMILES string of the molecule is O=c1c2cc(O)cc(O)c2cc2n1CCCC2. The largest absolute Gasteiger partial charge is 0.508 e. The van der Waals surface area contributed by atoms with Crippen LogP contribution in [0, 0.1) is 0 Å². The summed E-state index contributed by atoms with van der Waals surface area (Å²) in [6.45, 7) is 0.723. The fourth-order valence-electron chi connectivity index (χ4n) is 2.50. The van der Waals surface area contributed by atoms with Crippen molar-refractivity contribution in [3.05, 3.63) is 34.2 Å². The zero-order chi connectivity index (χ0) is 12.0. The highest BCUT2D eigenvalue weighted by Gasteiger charge is 2.15. The summed E-state index contributed by atoms with van der Waals surface area (Å²) in [7, 11) is 0. The number of benzene rings is 1. The molecule has 0 bridgehead atoms. The van der Waals surface area contributed by atoms with Crippen molar-refractivity contribution < 1.29 is 10.2 Å². The van der Waals surface area contributed by atoms with Gasteiger partial charge in [0, 0.05) is 23.7 Å². The topological polar surface area (TPSA) is 62.5 Å². The van der Waals surface area contributed by atoms with Crippen LogP contribution in [0.15, 0.2) is 23.0 Å². The molecule has 0 spiro atoms. The second-order valence-corrected chi connectivity index (χ2v) is 4.48. The van der Waals surface area contributed by atoms with Gasteiger partial charge in [-0.2, -0.15) is 0 Å². The smallest absolute Gasteiger partial charge is 0.258 e. The first-order valence-corrected chi connectivity index (χ1v) is 5.75. The third kappa shape index (κ3) is 1.48. The summed E-state index contributed by atoms with van der Waals surface area (Å²) in [5.74, 6) is -0.116. The first-order chi connectivity index (χ1) is 8.16. The van der Waals surface area contributed by atoms with Crippen LogP contribution in [0.25, 0.3) is 10.8 Å². The van der Waals surface area contributed by atoms with E-state index in [9.17, 15) is 15.0 Å². The average Bonchev–Trinajstić information content (AvgIpc) is 2.31. The number of aromatic hydroxyl groups is 2. The minimum absolute atomic E-state index is 0.0360. The number of fused-ring (bicyclic) bond motifs is 2. The fourth-order valence-corrected chi connectivity index (χ4v) is 2.50. The normalized spacial score (nSPS) is 14.8. The number of aromatic nitrogens is 1. The van der Waals surface area contributed by atoms with Crippen LogP contribution in [0.1, 0.15) is 18.5 Å². The standard InChI is InChI=1S/C13H13NO3/c15-9-6-11-10(12(16)7-9)5-8-3-1-2-4-14(8)13(11)17/h5-7,15-16H,1-4H2. The van der Waals surface area contributed by atoms with Crippen LogP contribution >= 0.6 is 0 Å². The van der Waals surface area contributed by atoms with E-state index in [-0.39, 0.29) is 17.1 Å². The van der Waals surface area contributed by atoms with E-state index in [0.29, 0.717) is 10.8 Å². The molecule has 1 aromatic heterocycles. The lowest BCUT2D eigenvalue weighted by Crippen LogP contribution is -2.26. The third-order valence-electron chi connectivity index (χ3n) is 3.34. The van der Waals surface area contributed by atoms with Crippen molar-refractivity contribution in [3.8, 4) is 11.5 Å². The zero-order valence-electron chi connectivity index (χ0n) is 9.31. The number of hydrogen-bond acceptors (Lipinski definition) is 3. The molecule has 0 saturated heterocycles. The van der Waals surface area contributed by atoms with Crippen molar-refractivity contribution in [1.82, 2.24) is 4.57 Å². The maximum Gasteiger partial charge on any atom is 0.258 e. The van der Waals surface area contributed by atoms with E-state index < -0.39 is 0 Å². The summed E-state index contributed by atoms with van der Waals surface area (Å²) in [4.78, 5) is 12.2. The molecule has 3 rings (SSSR count). The van der Waals surface area contributed by atoms with Crippen molar-refractivity contribution in [2.24, 2.45) is 0 Å². The Labute approximate surface area is 97.7 Å². The zero-order valence-corrected chi connectivity index (χ0v) is 9.31. The molecule has 17 heavy (non-hydrogen) atoms. The molecule has 2 N–H and O–H groups in total. The van der Waals surface area contributed by atoms with Gasteiger partial charge in [-0.15, -0.1) is 0 Å². The van der Waals surface area contributed by atoms with E-state index in [1.807, 2.05) is 6.07 Å². The van der Waals surface area contributed by atoms with Crippen LogP contribution < -0.4 is 5.56 Å². The number of rotatable bonds is 0. The van der Waals surface area contributed by atoms with Gasteiger partial charge in [-0.3, -0.25) is 4.79 Å². The van der Waals surface area contributed by atoms with Gasteiger partial charge in [-0.25, -0.2) is 0 Å². The van der Waals surface area contributed by atoms with Gasteiger partial charge in [0.15, 0.2) is 0 Å². The Balaban J connectivity index is 2.44. The third-order valence-corrected chi connectivity index (χ3v) is 3.34. The van der Waals surface area contributed by atoms with Gasteiger partial charge in [0.1, 0.15) is 11.5 Å². The Bertz CT molecular complexity index is 658. The lowest BCUT2D eigenvalue weighted by atomic mass is 10.0. The van der Waals surface area contributed by atoms with Crippen molar-refractivity contribution in [2.75, 3.05) is 0 Å². The Morgan fingerprint density at radius 2 is 1.88 bits per heavy atom. The molecule has 4 nitrogen and oxygen atoms in total. The van der Waals surface area contributed by atoms with Crippen molar-refractivity contribution in [1.29, 1.82) is 0 Å². The summed E-state index contributed by atoms with van der Waals surface area (Å²) in [5, 5.41) is 20.1. The maximum atomic E-state index is 12.2. The number of nitrogens with zero attached hydrogens (tertiary/aromatic N) is 1. The fraction of sp³-hybridized carbons (Fsp3) is 0.308. The Morgan fingerprint density at radius 1 is 1.06 bits per heavy atom. The summed E-state index contributed by atoms with van der Waals surface area (Å²) in [6.07, 6.45) is 2.94. The lowest BCUT2D eigenvalue weighted by Gasteiger charge is -2.19. The van der Waals surface area contributed by atoms with Crippen LogP contribution in [-0.4, -0.2) is 14.8 Å². The maximum absolute atomic E-state index is 12.2. The van der Waals surface area contributed by atoms with Gasteiger partial charge in [0.2, 0.25) is 0 Å². The Morgan fingerprint density at radius 3 is 2.71 bits per heavy atom. The average molecular weight is 231 g/mol. The van der Waals surface area contributed by atoms with E-state index in [1.165, 1.54) is 12.1 Å². The van der Waals surface area contributed by atoms with E-state index >= 15 is 0 Å². The van der Waals surface area contributed by atoms with Crippen molar-refractivity contribution in [3.63, 3.8) is 0 Å². The molecule has 0 unspecified atom stereocenters. The molecular formula is C13H13NO3. The number of phenolic OH excluding ortho intramolecular Hbond substituents is 2. The van der Waals surface area contributed by atoms with Gasteiger partial charge in [-0.1, -0.05) is 0 Å². The molecule has 88 valence electrons. The molecule has 0 radical (unpaired) electrons. The van der Waals surface area contributed by atoms with E-state index in [2.05, 4.69) is 0 Å². The number of pyridine rings is 1. The quantitative estimate of drug-likeness (QED) is 0.726. The minimum atomic E-state index is -0.122. The number of phenols is 2. The van der Waals surface area contributed by atoms with E-state index in [0.717, 1.165) is 31.5 Å². The van der Waals surface area contributed by atoms with Crippen LogP contribution in [0.2, 0.25) is 0 Å². The summed E-state index contributed by atoms with van der Waals surface area (Å²) in [5.41, 5.74) is 0.845. The van der Waals surface area contributed by atoms with Crippen LogP contribution in [-0.2, 0) is 13.0 Å². The van der Waals surface area contributed by atoms with Crippen LogP contribution in [0.5, 0.6) is 11.5 Å². The molecule has 2 heterocycles. The molecule has 2 aromatic rings. The molecule has 0 atom stereocenters. The molecule has 0 saturated carbocycles. The molecule has 0 amide bonds. The second-order valence-electron chi connectivity index (χ2n) is 4.48. The molecule has 1 aliphatic rings. The predicted molar refractivity (Wildman–Crippen MR) is 64.5 cm³/mol. The Kier molecular flexibility index (Phi) is 2.11.